The molecule has 2 aromatic rings. The van der Waals surface area contributed by atoms with Crippen molar-refractivity contribution < 1.29 is 18.0 Å². The lowest BCUT2D eigenvalue weighted by molar-refractivity contribution is 0.0538. The summed E-state index contributed by atoms with van der Waals surface area (Å²) in [4.78, 5) is 29.4. The minimum atomic E-state index is -3.58. The Labute approximate surface area is 169 Å². The van der Waals surface area contributed by atoms with Crippen LogP contribution in [0.15, 0.2) is 46.7 Å². The molecule has 150 valence electrons. The van der Waals surface area contributed by atoms with Crippen molar-refractivity contribution in [3.8, 4) is 0 Å². The van der Waals surface area contributed by atoms with Crippen LogP contribution in [0, 0.1) is 0 Å². The summed E-state index contributed by atoms with van der Waals surface area (Å²) in [7, 11) is -3.58. The lowest BCUT2D eigenvalue weighted by atomic mass is 10.2. The fraction of sp³-hybridized carbons (Fsp3) is 0.368. The van der Waals surface area contributed by atoms with Crippen LogP contribution < -0.4 is 4.72 Å². The molecule has 1 aromatic carbocycles. The maximum absolute atomic E-state index is 12.7. The second kappa shape index (κ2) is 8.42. The third-order valence-electron chi connectivity index (χ3n) is 4.39. The molecular weight excluding hydrogens is 398 g/mol. The van der Waals surface area contributed by atoms with E-state index in [1.807, 2.05) is 11.4 Å². The maximum atomic E-state index is 12.7. The van der Waals surface area contributed by atoms with Crippen molar-refractivity contribution in [1.82, 2.24) is 14.5 Å². The van der Waals surface area contributed by atoms with Gasteiger partial charge in [0.2, 0.25) is 10.0 Å². The zero-order chi connectivity index (χ0) is 20.3. The molecular formula is C19H23N3O4S2. The predicted molar refractivity (Wildman–Crippen MR) is 108 cm³/mol. The van der Waals surface area contributed by atoms with E-state index < -0.39 is 10.0 Å². The van der Waals surface area contributed by atoms with Crippen molar-refractivity contribution in [3.63, 3.8) is 0 Å². The highest BCUT2D eigenvalue weighted by molar-refractivity contribution is 7.89. The van der Waals surface area contributed by atoms with Crippen LogP contribution in [0.3, 0.4) is 0 Å². The van der Waals surface area contributed by atoms with Gasteiger partial charge in [-0.3, -0.25) is 9.59 Å². The zero-order valence-electron chi connectivity index (χ0n) is 15.8. The molecule has 7 nitrogen and oxygen atoms in total. The number of piperazine rings is 1. The third-order valence-corrected chi connectivity index (χ3v) is 6.92. The van der Waals surface area contributed by atoms with Crippen LogP contribution in [-0.4, -0.2) is 62.3 Å². The van der Waals surface area contributed by atoms with Gasteiger partial charge in [0, 0.05) is 37.8 Å². The number of rotatable bonds is 5. The van der Waals surface area contributed by atoms with Gasteiger partial charge < -0.3 is 9.80 Å². The van der Waals surface area contributed by atoms with E-state index in [-0.39, 0.29) is 22.8 Å². The van der Waals surface area contributed by atoms with Gasteiger partial charge in [0.15, 0.2) is 0 Å². The summed E-state index contributed by atoms with van der Waals surface area (Å²) in [5, 5.41) is 1.87. The van der Waals surface area contributed by atoms with Crippen molar-refractivity contribution in [2.24, 2.45) is 0 Å². The summed E-state index contributed by atoms with van der Waals surface area (Å²) >= 11 is 1.41. The van der Waals surface area contributed by atoms with Gasteiger partial charge in [-0.1, -0.05) is 6.07 Å². The van der Waals surface area contributed by atoms with Crippen LogP contribution in [-0.2, 0) is 10.0 Å². The maximum Gasteiger partial charge on any atom is 0.264 e. The lowest BCUT2D eigenvalue weighted by Crippen LogP contribution is -2.50. The number of nitrogens with zero attached hydrogens (tertiary/aromatic N) is 2. The topological polar surface area (TPSA) is 86.8 Å². The first-order valence-electron chi connectivity index (χ1n) is 9.02. The van der Waals surface area contributed by atoms with Gasteiger partial charge in [0.1, 0.15) is 0 Å². The van der Waals surface area contributed by atoms with Crippen LogP contribution in [0.25, 0.3) is 0 Å². The molecule has 0 unspecified atom stereocenters. The van der Waals surface area contributed by atoms with Crippen LogP contribution in [0.2, 0.25) is 0 Å². The summed E-state index contributed by atoms with van der Waals surface area (Å²) in [6.45, 7) is 5.35. The van der Waals surface area contributed by atoms with Gasteiger partial charge in [-0.2, -0.15) is 0 Å². The van der Waals surface area contributed by atoms with Crippen LogP contribution in [0.1, 0.15) is 33.9 Å². The van der Waals surface area contributed by atoms with E-state index in [1.54, 1.807) is 29.7 Å². The van der Waals surface area contributed by atoms with Crippen molar-refractivity contribution in [2.45, 2.75) is 24.8 Å². The largest absolute Gasteiger partial charge is 0.335 e. The first-order chi connectivity index (χ1) is 13.3. The van der Waals surface area contributed by atoms with Gasteiger partial charge in [0.25, 0.3) is 11.8 Å². The second-order valence-corrected chi connectivity index (χ2v) is 9.52. The number of hydrogen-bond donors (Lipinski definition) is 1. The molecule has 1 saturated heterocycles. The summed E-state index contributed by atoms with van der Waals surface area (Å²) < 4.78 is 26.9. The van der Waals surface area contributed by atoms with Gasteiger partial charge >= 0.3 is 0 Å². The minimum absolute atomic E-state index is 0.00527. The summed E-state index contributed by atoms with van der Waals surface area (Å²) in [5.41, 5.74) is 0.432. The number of carbonyl (C=O) groups is 2. The Kier molecular flexibility index (Phi) is 6.17. The van der Waals surface area contributed by atoms with E-state index in [0.717, 1.165) is 0 Å². The fourth-order valence-corrected chi connectivity index (χ4v) is 4.95. The number of benzene rings is 1. The molecule has 1 aliphatic heterocycles. The molecule has 2 amide bonds. The van der Waals surface area contributed by atoms with Crippen LogP contribution in [0.4, 0.5) is 0 Å². The van der Waals surface area contributed by atoms with Crippen LogP contribution >= 0.6 is 11.3 Å². The minimum Gasteiger partial charge on any atom is -0.335 e. The molecule has 9 heteroatoms. The third kappa shape index (κ3) is 4.60. The van der Waals surface area contributed by atoms with E-state index in [2.05, 4.69) is 4.72 Å². The number of sulfonamides is 1. The molecule has 0 aliphatic carbocycles. The number of amides is 2. The van der Waals surface area contributed by atoms with E-state index in [0.29, 0.717) is 36.6 Å². The number of hydrogen-bond acceptors (Lipinski definition) is 5. The molecule has 0 atom stereocenters. The summed E-state index contributed by atoms with van der Waals surface area (Å²) in [5.74, 6) is -0.168. The smallest absolute Gasteiger partial charge is 0.264 e. The fourth-order valence-electron chi connectivity index (χ4n) is 3.01. The highest BCUT2D eigenvalue weighted by atomic mass is 32.2. The highest BCUT2D eigenvalue weighted by Gasteiger charge is 2.26. The van der Waals surface area contributed by atoms with E-state index in [1.165, 1.54) is 35.6 Å². The SMILES string of the molecule is CC(C)NS(=O)(=O)c1ccc(C(=O)N2CCN(C(=O)c3cccs3)CC2)cc1. The number of thiophene rings is 1. The Morgan fingerprint density at radius 1 is 0.964 bits per heavy atom. The molecule has 0 spiro atoms. The lowest BCUT2D eigenvalue weighted by Gasteiger charge is -2.34. The van der Waals surface area contributed by atoms with Gasteiger partial charge in [-0.25, -0.2) is 13.1 Å². The van der Waals surface area contributed by atoms with E-state index in [9.17, 15) is 18.0 Å². The average Bonchev–Trinajstić information content (AvgIpc) is 3.21. The Balaban J connectivity index is 1.61. The predicted octanol–water partition coefficient (Wildman–Crippen LogP) is 2.03. The molecule has 28 heavy (non-hydrogen) atoms. The molecule has 1 fully saturated rings. The number of carbonyl (C=O) groups excluding carboxylic acids is 2. The Hall–Kier alpha value is -2.23. The molecule has 0 saturated carbocycles. The summed E-state index contributed by atoms with van der Waals surface area (Å²) in [6.07, 6.45) is 0. The second-order valence-electron chi connectivity index (χ2n) is 6.86. The van der Waals surface area contributed by atoms with E-state index in [4.69, 9.17) is 0 Å². The monoisotopic (exact) mass is 421 g/mol. The Bertz CT molecular complexity index is 930. The Morgan fingerprint density at radius 3 is 2.04 bits per heavy atom. The standard InChI is InChI=1S/C19H23N3O4S2/c1-14(2)20-28(25,26)16-7-5-15(6-8-16)18(23)21-9-11-22(12-10-21)19(24)17-4-3-13-27-17/h3-8,13-14,20H,9-12H2,1-2H3. The number of nitrogens with one attached hydrogen (secondary N) is 1. The van der Waals surface area contributed by atoms with Gasteiger partial charge in [-0.15, -0.1) is 11.3 Å². The first-order valence-corrected chi connectivity index (χ1v) is 11.4. The molecule has 1 aromatic heterocycles. The van der Waals surface area contributed by atoms with Crippen molar-refractivity contribution in [1.29, 1.82) is 0 Å². The van der Waals surface area contributed by atoms with Crippen molar-refractivity contribution >= 4 is 33.2 Å². The first kappa shape index (κ1) is 20.5. The zero-order valence-corrected chi connectivity index (χ0v) is 17.4. The molecule has 1 aliphatic rings. The molecule has 0 bridgehead atoms. The normalized spacial score (nSPS) is 15.1. The quantitative estimate of drug-likeness (QED) is 0.800. The van der Waals surface area contributed by atoms with Crippen molar-refractivity contribution in [3.05, 3.63) is 52.2 Å². The van der Waals surface area contributed by atoms with E-state index >= 15 is 0 Å². The molecule has 3 rings (SSSR count). The molecule has 0 radical (unpaired) electrons. The Morgan fingerprint density at radius 2 is 1.54 bits per heavy atom. The molecule has 2 heterocycles. The average molecular weight is 422 g/mol. The highest BCUT2D eigenvalue weighted by Crippen LogP contribution is 2.16. The van der Waals surface area contributed by atoms with Gasteiger partial charge in [-0.05, 0) is 49.6 Å². The van der Waals surface area contributed by atoms with Gasteiger partial charge in [0.05, 0.1) is 9.77 Å². The summed E-state index contributed by atoms with van der Waals surface area (Å²) in [6, 6.07) is 9.37. The molecule has 1 N–H and O–H groups in total. The van der Waals surface area contributed by atoms with Crippen molar-refractivity contribution in [2.75, 3.05) is 26.2 Å². The van der Waals surface area contributed by atoms with Crippen LogP contribution in [0.5, 0.6) is 0 Å².